The Hall–Kier alpha value is -1.27. The van der Waals surface area contributed by atoms with Crippen molar-refractivity contribution in [1.29, 1.82) is 0 Å². The molecule has 19 heavy (non-hydrogen) atoms. The van der Waals surface area contributed by atoms with Crippen molar-refractivity contribution in [3.05, 3.63) is 28.0 Å². The van der Waals surface area contributed by atoms with Gasteiger partial charge in [-0.05, 0) is 28.1 Å². The highest BCUT2D eigenvalue weighted by atomic mass is 79.9. The minimum absolute atomic E-state index is 0.189. The maximum Gasteiger partial charge on any atom is 0.299 e. The fourth-order valence-electron chi connectivity index (χ4n) is 1.98. The first kappa shape index (κ1) is 14.1. The molecule has 4 nitrogen and oxygen atoms in total. The zero-order valence-electron chi connectivity index (χ0n) is 10.7. The molecule has 6 heteroatoms. The molecule has 2 rings (SSSR count). The van der Waals surface area contributed by atoms with Crippen LogP contribution in [0.3, 0.4) is 0 Å². The van der Waals surface area contributed by atoms with E-state index in [2.05, 4.69) is 21.2 Å². The van der Waals surface area contributed by atoms with E-state index in [4.69, 9.17) is 0 Å². The van der Waals surface area contributed by atoms with Crippen molar-refractivity contribution in [2.45, 2.75) is 19.9 Å². The highest BCUT2D eigenvalue weighted by Crippen LogP contribution is 2.32. The summed E-state index contributed by atoms with van der Waals surface area (Å²) in [5, 5.41) is 3.16. The summed E-state index contributed by atoms with van der Waals surface area (Å²) in [4.78, 5) is 25.0. The molecule has 0 saturated carbocycles. The third kappa shape index (κ3) is 2.69. The van der Waals surface area contributed by atoms with Gasteiger partial charge in [-0.15, -0.1) is 0 Å². The maximum absolute atomic E-state index is 13.5. The molecular weight excluding hydrogens is 315 g/mol. The lowest BCUT2D eigenvalue weighted by molar-refractivity contribution is -0.114. The standard InChI is InChI=1S/C13H14BrFN2O2/c1-7(2)16-3-4-17-11-6-10(15)9(14)5-8(11)12(18)13(17)19/h5-7,16H,3-4H2,1-2H3. The summed E-state index contributed by atoms with van der Waals surface area (Å²) in [6.45, 7) is 4.87. The number of nitrogens with zero attached hydrogens (tertiary/aromatic N) is 1. The molecule has 1 aliphatic rings. The average Bonchev–Trinajstić information content (AvgIpc) is 2.55. The molecule has 1 aromatic rings. The van der Waals surface area contributed by atoms with E-state index in [1.165, 1.54) is 17.0 Å². The van der Waals surface area contributed by atoms with Crippen molar-refractivity contribution in [3.8, 4) is 0 Å². The molecule has 0 bridgehead atoms. The summed E-state index contributed by atoms with van der Waals surface area (Å²) in [6.07, 6.45) is 0. The maximum atomic E-state index is 13.5. The van der Waals surface area contributed by atoms with Gasteiger partial charge in [-0.25, -0.2) is 4.39 Å². The van der Waals surface area contributed by atoms with Gasteiger partial charge in [0.2, 0.25) is 0 Å². The quantitative estimate of drug-likeness (QED) is 0.861. The van der Waals surface area contributed by atoms with Gasteiger partial charge in [-0.2, -0.15) is 0 Å². The summed E-state index contributed by atoms with van der Waals surface area (Å²) in [6, 6.07) is 2.87. The van der Waals surface area contributed by atoms with Crippen LogP contribution in [0.2, 0.25) is 0 Å². The highest BCUT2D eigenvalue weighted by molar-refractivity contribution is 9.10. The predicted octanol–water partition coefficient (Wildman–Crippen LogP) is 2.12. The number of anilines is 1. The Morgan fingerprint density at radius 3 is 2.68 bits per heavy atom. The number of ketones is 1. The van der Waals surface area contributed by atoms with Gasteiger partial charge in [0.25, 0.3) is 11.7 Å². The van der Waals surface area contributed by atoms with E-state index < -0.39 is 17.5 Å². The van der Waals surface area contributed by atoms with Gasteiger partial charge in [0, 0.05) is 19.1 Å². The van der Waals surface area contributed by atoms with Gasteiger partial charge in [0.05, 0.1) is 15.7 Å². The summed E-state index contributed by atoms with van der Waals surface area (Å²) in [5.41, 5.74) is 0.601. The monoisotopic (exact) mass is 328 g/mol. The molecule has 0 saturated heterocycles. The Bertz CT molecular complexity index is 546. The second-order valence-corrected chi connectivity index (χ2v) is 5.53. The van der Waals surface area contributed by atoms with Crippen molar-refractivity contribution >= 4 is 33.3 Å². The minimum Gasteiger partial charge on any atom is -0.313 e. The Labute approximate surface area is 119 Å². The predicted molar refractivity (Wildman–Crippen MR) is 73.9 cm³/mol. The fraction of sp³-hybridized carbons (Fsp3) is 0.385. The summed E-state index contributed by atoms with van der Waals surface area (Å²) in [5.74, 6) is -1.67. The number of fused-ring (bicyclic) bond motifs is 1. The molecule has 0 spiro atoms. The first-order valence-corrected chi connectivity index (χ1v) is 6.79. The number of hydrogen-bond acceptors (Lipinski definition) is 3. The van der Waals surface area contributed by atoms with E-state index in [0.29, 0.717) is 18.8 Å². The first-order chi connectivity index (χ1) is 8.91. The van der Waals surface area contributed by atoms with Gasteiger partial charge < -0.3 is 10.2 Å². The van der Waals surface area contributed by atoms with E-state index in [9.17, 15) is 14.0 Å². The van der Waals surface area contributed by atoms with Crippen molar-refractivity contribution in [1.82, 2.24) is 5.32 Å². The lowest BCUT2D eigenvalue weighted by Gasteiger charge is -2.18. The number of Topliss-reactive ketones (excluding diaryl/α,β-unsaturated/α-hetero) is 1. The Balaban J connectivity index is 2.26. The zero-order valence-corrected chi connectivity index (χ0v) is 12.3. The Kier molecular flexibility index (Phi) is 4.01. The van der Waals surface area contributed by atoms with Crippen LogP contribution in [0.15, 0.2) is 16.6 Å². The highest BCUT2D eigenvalue weighted by Gasteiger charge is 2.36. The number of carbonyl (C=O) groups excluding carboxylic acids is 2. The van der Waals surface area contributed by atoms with Crippen LogP contribution in [0.5, 0.6) is 0 Å². The zero-order chi connectivity index (χ0) is 14.2. The molecule has 1 aromatic carbocycles. The van der Waals surface area contributed by atoms with Crippen LogP contribution in [-0.2, 0) is 4.79 Å². The SMILES string of the molecule is CC(C)NCCN1C(=O)C(=O)c2cc(Br)c(F)cc21. The number of halogens is 2. The van der Waals surface area contributed by atoms with Crippen LogP contribution in [0, 0.1) is 5.82 Å². The number of hydrogen-bond donors (Lipinski definition) is 1. The number of carbonyl (C=O) groups is 2. The third-order valence-electron chi connectivity index (χ3n) is 2.90. The molecule has 0 atom stereocenters. The second kappa shape index (κ2) is 5.38. The Morgan fingerprint density at radius 2 is 2.05 bits per heavy atom. The van der Waals surface area contributed by atoms with E-state index in [1.807, 2.05) is 13.8 Å². The van der Waals surface area contributed by atoms with Crippen LogP contribution in [0.4, 0.5) is 10.1 Å². The van der Waals surface area contributed by atoms with Gasteiger partial charge in [0.15, 0.2) is 0 Å². The summed E-state index contributed by atoms with van der Waals surface area (Å²) in [7, 11) is 0. The first-order valence-electron chi connectivity index (χ1n) is 6.00. The van der Waals surface area contributed by atoms with Crippen molar-refractivity contribution < 1.29 is 14.0 Å². The number of nitrogens with one attached hydrogen (secondary N) is 1. The molecule has 1 aliphatic heterocycles. The molecule has 1 N–H and O–H groups in total. The van der Waals surface area contributed by atoms with Crippen LogP contribution in [0.25, 0.3) is 0 Å². The largest absolute Gasteiger partial charge is 0.313 e. The summed E-state index contributed by atoms with van der Waals surface area (Å²) >= 11 is 3.02. The second-order valence-electron chi connectivity index (χ2n) is 4.68. The minimum atomic E-state index is -0.599. The molecular formula is C13H14BrFN2O2. The van der Waals surface area contributed by atoms with Crippen molar-refractivity contribution in [2.75, 3.05) is 18.0 Å². The molecule has 1 amide bonds. The lowest BCUT2D eigenvalue weighted by Crippen LogP contribution is -2.37. The molecule has 0 fully saturated rings. The molecule has 0 unspecified atom stereocenters. The van der Waals surface area contributed by atoms with Crippen LogP contribution < -0.4 is 10.2 Å². The van der Waals surface area contributed by atoms with E-state index >= 15 is 0 Å². The van der Waals surface area contributed by atoms with Crippen LogP contribution in [0.1, 0.15) is 24.2 Å². The number of rotatable bonds is 4. The summed E-state index contributed by atoms with van der Waals surface area (Å²) < 4.78 is 13.7. The van der Waals surface area contributed by atoms with Crippen molar-refractivity contribution in [2.24, 2.45) is 0 Å². The van der Waals surface area contributed by atoms with E-state index in [0.717, 1.165) is 0 Å². The number of benzene rings is 1. The molecule has 0 radical (unpaired) electrons. The molecule has 1 heterocycles. The smallest absolute Gasteiger partial charge is 0.299 e. The average molecular weight is 329 g/mol. The van der Waals surface area contributed by atoms with Crippen LogP contribution >= 0.6 is 15.9 Å². The van der Waals surface area contributed by atoms with Gasteiger partial charge in [-0.3, -0.25) is 9.59 Å². The van der Waals surface area contributed by atoms with Gasteiger partial charge >= 0.3 is 0 Å². The van der Waals surface area contributed by atoms with Crippen molar-refractivity contribution in [3.63, 3.8) is 0 Å². The third-order valence-corrected chi connectivity index (χ3v) is 3.51. The fourth-order valence-corrected chi connectivity index (χ4v) is 2.32. The molecule has 0 aliphatic carbocycles. The topological polar surface area (TPSA) is 49.4 Å². The molecule has 102 valence electrons. The normalized spacial score (nSPS) is 14.5. The van der Waals surface area contributed by atoms with E-state index in [1.54, 1.807) is 0 Å². The Morgan fingerprint density at radius 1 is 1.37 bits per heavy atom. The lowest BCUT2D eigenvalue weighted by atomic mass is 10.1. The number of amides is 1. The molecule has 0 aromatic heterocycles. The van der Waals surface area contributed by atoms with Gasteiger partial charge in [-0.1, -0.05) is 13.8 Å². The van der Waals surface area contributed by atoms with Gasteiger partial charge in [0.1, 0.15) is 5.82 Å². The van der Waals surface area contributed by atoms with Crippen LogP contribution in [-0.4, -0.2) is 30.8 Å². The van der Waals surface area contributed by atoms with E-state index in [-0.39, 0.29) is 16.1 Å².